The molecular formula is C19H14F3N5O. The van der Waals surface area contributed by atoms with E-state index in [0.717, 1.165) is 12.1 Å². The van der Waals surface area contributed by atoms with Crippen LogP contribution in [-0.2, 0) is 6.18 Å². The van der Waals surface area contributed by atoms with E-state index >= 15 is 0 Å². The molecule has 0 unspecified atom stereocenters. The third-order valence-electron chi connectivity index (χ3n) is 4.48. The molecule has 0 atom stereocenters. The monoisotopic (exact) mass is 385 g/mol. The van der Waals surface area contributed by atoms with Gasteiger partial charge in [-0.1, -0.05) is 6.07 Å². The van der Waals surface area contributed by atoms with Crippen LogP contribution in [0, 0.1) is 6.92 Å². The molecule has 1 aromatic carbocycles. The zero-order valence-corrected chi connectivity index (χ0v) is 14.6. The summed E-state index contributed by atoms with van der Waals surface area (Å²) in [7, 11) is 0. The maximum atomic E-state index is 13.2. The Balaban J connectivity index is 1.94. The SMILES string of the molecule is Cc1ccc(C(F)(F)F)cc1-n1cc(-c2ncnn3cccc23)cc1C(N)=O. The molecule has 6 nitrogen and oxygen atoms in total. The van der Waals surface area contributed by atoms with Gasteiger partial charge in [0.05, 0.1) is 16.8 Å². The number of primary amides is 1. The highest BCUT2D eigenvalue weighted by atomic mass is 19.4. The summed E-state index contributed by atoms with van der Waals surface area (Å²) in [5, 5.41) is 4.08. The molecule has 1 amide bonds. The van der Waals surface area contributed by atoms with Crippen LogP contribution in [0.25, 0.3) is 22.5 Å². The Bertz CT molecular complexity index is 1210. The lowest BCUT2D eigenvalue weighted by Gasteiger charge is -2.14. The largest absolute Gasteiger partial charge is 0.416 e. The van der Waals surface area contributed by atoms with Crippen LogP contribution in [0.4, 0.5) is 13.2 Å². The first kappa shape index (κ1) is 17.8. The van der Waals surface area contributed by atoms with E-state index in [1.807, 2.05) is 0 Å². The lowest BCUT2D eigenvalue weighted by Crippen LogP contribution is -2.16. The second-order valence-electron chi connectivity index (χ2n) is 6.29. The van der Waals surface area contributed by atoms with Crippen molar-refractivity contribution in [3.63, 3.8) is 0 Å². The van der Waals surface area contributed by atoms with E-state index in [0.29, 0.717) is 22.3 Å². The molecule has 9 heteroatoms. The Labute approximate surface area is 157 Å². The Hall–Kier alpha value is -3.62. The smallest absolute Gasteiger partial charge is 0.364 e. The number of nitrogens with two attached hydrogens (primary N) is 1. The molecule has 0 saturated heterocycles. The maximum absolute atomic E-state index is 13.2. The van der Waals surface area contributed by atoms with Crippen molar-refractivity contribution in [3.8, 4) is 16.9 Å². The van der Waals surface area contributed by atoms with Crippen LogP contribution in [0.15, 0.2) is 55.1 Å². The minimum absolute atomic E-state index is 0.0562. The highest BCUT2D eigenvalue weighted by molar-refractivity contribution is 5.94. The van der Waals surface area contributed by atoms with Gasteiger partial charge in [0.15, 0.2) is 0 Å². The number of aromatic nitrogens is 4. The number of aryl methyl sites for hydroxylation is 1. The molecule has 0 fully saturated rings. The molecule has 0 aliphatic heterocycles. The number of carbonyl (C=O) groups excluding carboxylic acids is 1. The molecule has 0 aliphatic carbocycles. The normalized spacial score (nSPS) is 11.9. The summed E-state index contributed by atoms with van der Waals surface area (Å²) in [5.74, 6) is -0.761. The van der Waals surface area contributed by atoms with Crippen molar-refractivity contribution in [1.82, 2.24) is 19.2 Å². The Morgan fingerprint density at radius 3 is 2.68 bits per heavy atom. The molecule has 0 aliphatic rings. The highest BCUT2D eigenvalue weighted by Gasteiger charge is 2.31. The fraction of sp³-hybridized carbons (Fsp3) is 0.105. The zero-order chi connectivity index (χ0) is 20.1. The number of fused-ring (bicyclic) bond motifs is 1. The molecular weight excluding hydrogens is 371 g/mol. The number of nitrogens with zero attached hydrogens (tertiary/aromatic N) is 4. The summed E-state index contributed by atoms with van der Waals surface area (Å²) >= 11 is 0. The maximum Gasteiger partial charge on any atom is 0.416 e. The molecule has 28 heavy (non-hydrogen) atoms. The first-order chi connectivity index (χ1) is 13.3. The average molecular weight is 385 g/mol. The molecule has 2 N–H and O–H groups in total. The third-order valence-corrected chi connectivity index (χ3v) is 4.48. The van der Waals surface area contributed by atoms with Gasteiger partial charge >= 0.3 is 6.18 Å². The topological polar surface area (TPSA) is 78.2 Å². The van der Waals surface area contributed by atoms with Crippen molar-refractivity contribution in [2.75, 3.05) is 0 Å². The van der Waals surface area contributed by atoms with E-state index in [1.165, 1.54) is 23.0 Å². The van der Waals surface area contributed by atoms with E-state index in [4.69, 9.17) is 5.73 Å². The number of hydrogen-bond acceptors (Lipinski definition) is 3. The van der Waals surface area contributed by atoms with E-state index in [9.17, 15) is 18.0 Å². The second kappa shape index (κ2) is 6.22. The molecule has 3 aromatic heterocycles. The van der Waals surface area contributed by atoms with Crippen molar-refractivity contribution >= 4 is 11.4 Å². The molecule has 0 radical (unpaired) electrons. The number of rotatable bonds is 3. The summed E-state index contributed by atoms with van der Waals surface area (Å²) in [4.78, 5) is 16.2. The highest BCUT2D eigenvalue weighted by Crippen LogP contribution is 2.33. The van der Waals surface area contributed by atoms with Gasteiger partial charge in [-0.2, -0.15) is 18.3 Å². The first-order valence-electron chi connectivity index (χ1n) is 8.25. The number of benzene rings is 1. The van der Waals surface area contributed by atoms with Crippen LogP contribution >= 0.6 is 0 Å². The van der Waals surface area contributed by atoms with E-state index < -0.39 is 17.6 Å². The van der Waals surface area contributed by atoms with E-state index in [-0.39, 0.29) is 11.4 Å². The molecule has 3 heterocycles. The molecule has 0 spiro atoms. The van der Waals surface area contributed by atoms with Gasteiger partial charge in [0.1, 0.15) is 12.0 Å². The van der Waals surface area contributed by atoms with Crippen molar-refractivity contribution in [3.05, 3.63) is 71.9 Å². The summed E-state index contributed by atoms with van der Waals surface area (Å²) in [6.07, 6.45) is 0.149. The fourth-order valence-corrected chi connectivity index (χ4v) is 3.11. The number of hydrogen-bond donors (Lipinski definition) is 1. The minimum atomic E-state index is -4.50. The fourth-order valence-electron chi connectivity index (χ4n) is 3.11. The van der Waals surface area contributed by atoms with Crippen molar-refractivity contribution in [2.24, 2.45) is 5.73 Å². The van der Waals surface area contributed by atoms with Crippen LogP contribution in [0.5, 0.6) is 0 Å². The molecule has 0 bridgehead atoms. The zero-order valence-electron chi connectivity index (χ0n) is 14.6. The van der Waals surface area contributed by atoms with E-state index in [2.05, 4.69) is 10.1 Å². The van der Waals surface area contributed by atoms with Gasteiger partial charge in [0, 0.05) is 23.6 Å². The van der Waals surface area contributed by atoms with E-state index in [1.54, 1.807) is 36.0 Å². The number of halogens is 3. The minimum Gasteiger partial charge on any atom is -0.364 e. The molecule has 4 rings (SSSR count). The van der Waals surface area contributed by atoms with Crippen LogP contribution in [0.2, 0.25) is 0 Å². The Morgan fingerprint density at radius 1 is 1.18 bits per heavy atom. The molecule has 142 valence electrons. The number of amides is 1. The van der Waals surface area contributed by atoms with Gasteiger partial charge < -0.3 is 10.3 Å². The Kier molecular flexibility index (Phi) is 3.95. The van der Waals surface area contributed by atoms with Gasteiger partial charge in [0.2, 0.25) is 0 Å². The second-order valence-corrected chi connectivity index (χ2v) is 6.29. The lowest BCUT2D eigenvalue weighted by molar-refractivity contribution is -0.137. The van der Waals surface area contributed by atoms with Gasteiger partial charge in [-0.15, -0.1) is 0 Å². The standard InChI is InChI=1S/C19H14F3N5O/c1-11-4-5-13(19(20,21)22)8-15(11)26-9-12(7-16(26)18(23)28)17-14-3-2-6-27(14)25-10-24-17/h2-10H,1H3,(H2,23,28). The molecule has 4 aromatic rings. The molecule has 0 saturated carbocycles. The number of carbonyl (C=O) groups is 1. The van der Waals surface area contributed by atoms with Gasteiger partial charge in [-0.25, -0.2) is 9.50 Å². The predicted octanol–water partition coefficient (Wildman–Crippen LogP) is 3.61. The summed E-state index contributed by atoms with van der Waals surface area (Å²) in [5.41, 5.74) is 7.28. The third kappa shape index (κ3) is 2.90. The quantitative estimate of drug-likeness (QED) is 0.585. The van der Waals surface area contributed by atoms with Crippen LogP contribution in [0.1, 0.15) is 21.6 Å². The van der Waals surface area contributed by atoms with Gasteiger partial charge in [0.25, 0.3) is 5.91 Å². The lowest BCUT2D eigenvalue weighted by atomic mass is 10.1. The Morgan fingerprint density at radius 2 is 1.96 bits per heavy atom. The predicted molar refractivity (Wildman–Crippen MR) is 96.0 cm³/mol. The van der Waals surface area contributed by atoms with Gasteiger partial charge in [-0.05, 0) is 42.8 Å². The number of alkyl halides is 3. The van der Waals surface area contributed by atoms with Crippen molar-refractivity contribution in [1.29, 1.82) is 0 Å². The van der Waals surface area contributed by atoms with Crippen molar-refractivity contribution in [2.45, 2.75) is 13.1 Å². The summed E-state index contributed by atoms with van der Waals surface area (Å²) in [6, 6.07) is 8.46. The average Bonchev–Trinajstić information content (AvgIpc) is 3.28. The first-order valence-corrected chi connectivity index (χ1v) is 8.25. The summed E-state index contributed by atoms with van der Waals surface area (Å²) in [6.45, 7) is 1.66. The van der Waals surface area contributed by atoms with Crippen LogP contribution < -0.4 is 5.73 Å². The summed E-state index contributed by atoms with van der Waals surface area (Å²) < 4.78 is 42.5. The van der Waals surface area contributed by atoms with Crippen LogP contribution in [0.3, 0.4) is 0 Å². The van der Waals surface area contributed by atoms with Gasteiger partial charge in [-0.3, -0.25) is 4.79 Å². The van der Waals surface area contributed by atoms with Crippen molar-refractivity contribution < 1.29 is 18.0 Å². The van der Waals surface area contributed by atoms with Crippen LogP contribution in [-0.4, -0.2) is 25.1 Å².